The van der Waals surface area contributed by atoms with Crippen molar-refractivity contribution in [1.29, 1.82) is 0 Å². The van der Waals surface area contributed by atoms with E-state index in [-0.39, 0.29) is 24.1 Å². The molecule has 0 aliphatic carbocycles. The standard InChI is InChI=1S/C22H21ClN2O3/c1-14-8-9-15(2)18(12-14)24-21(26)13-25(3)22(27)20-11-10-19(28-20)16-6-4-5-7-17(16)23/h4-12H,13H2,1-3H3,(H,24,26). The van der Waals surface area contributed by atoms with Gasteiger partial charge in [-0.1, -0.05) is 35.9 Å². The summed E-state index contributed by atoms with van der Waals surface area (Å²) in [6, 6.07) is 16.3. The van der Waals surface area contributed by atoms with Gasteiger partial charge < -0.3 is 14.6 Å². The Kier molecular flexibility index (Phi) is 5.85. The molecule has 0 bridgehead atoms. The number of hydrogen-bond acceptors (Lipinski definition) is 3. The lowest BCUT2D eigenvalue weighted by Gasteiger charge is -2.16. The monoisotopic (exact) mass is 396 g/mol. The van der Waals surface area contributed by atoms with Crippen LogP contribution >= 0.6 is 11.6 Å². The number of carbonyl (C=O) groups excluding carboxylic acids is 2. The van der Waals surface area contributed by atoms with Gasteiger partial charge in [0.1, 0.15) is 5.76 Å². The molecule has 0 aliphatic rings. The van der Waals surface area contributed by atoms with Crippen LogP contribution < -0.4 is 5.32 Å². The highest BCUT2D eigenvalue weighted by atomic mass is 35.5. The number of benzene rings is 2. The summed E-state index contributed by atoms with van der Waals surface area (Å²) in [6.07, 6.45) is 0. The topological polar surface area (TPSA) is 62.6 Å². The van der Waals surface area contributed by atoms with E-state index in [9.17, 15) is 9.59 Å². The zero-order valence-electron chi connectivity index (χ0n) is 16.0. The Balaban J connectivity index is 1.67. The minimum atomic E-state index is -0.380. The molecule has 3 aromatic rings. The molecule has 2 amide bonds. The highest BCUT2D eigenvalue weighted by Crippen LogP contribution is 2.29. The maximum atomic E-state index is 12.6. The van der Waals surface area contributed by atoms with E-state index in [1.54, 1.807) is 25.2 Å². The van der Waals surface area contributed by atoms with Gasteiger partial charge in [-0.2, -0.15) is 0 Å². The Morgan fingerprint density at radius 2 is 1.82 bits per heavy atom. The number of halogens is 1. The Hall–Kier alpha value is -3.05. The smallest absolute Gasteiger partial charge is 0.289 e. The molecule has 5 nitrogen and oxygen atoms in total. The first-order valence-corrected chi connectivity index (χ1v) is 9.20. The lowest BCUT2D eigenvalue weighted by atomic mass is 10.1. The van der Waals surface area contributed by atoms with E-state index in [4.69, 9.17) is 16.0 Å². The fraction of sp³-hybridized carbons (Fsp3) is 0.182. The van der Waals surface area contributed by atoms with Gasteiger partial charge in [-0.15, -0.1) is 0 Å². The Labute approximate surface area is 168 Å². The maximum Gasteiger partial charge on any atom is 0.289 e. The molecule has 0 saturated heterocycles. The lowest BCUT2D eigenvalue weighted by Crippen LogP contribution is -2.34. The summed E-state index contributed by atoms with van der Waals surface area (Å²) in [5.74, 6) is -0.00371. The van der Waals surface area contributed by atoms with Gasteiger partial charge in [0, 0.05) is 18.3 Å². The van der Waals surface area contributed by atoms with Crippen LogP contribution in [0.3, 0.4) is 0 Å². The van der Waals surface area contributed by atoms with E-state index in [0.29, 0.717) is 16.3 Å². The van der Waals surface area contributed by atoms with Crippen molar-refractivity contribution in [1.82, 2.24) is 4.90 Å². The molecule has 28 heavy (non-hydrogen) atoms. The van der Waals surface area contributed by atoms with Crippen molar-refractivity contribution in [3.8, 4) is 11.3 Å². The van der Waals surface area contributed by atoms with Crippen molar-refractivity contribution in [3.63, 3.8) is 0 Å². The van der Waals surface area contributed by atoms with Gasteiger partial charge in [-0.25, -0.2) is 0 Å². The van der Waals surface area contributed by atoms with Crippen LogP contribution in [0, 0.1) is 13.8 Å². The normalized spacial score (nSPS) is 10.6. The molecule has 144 valence electrons. The minimum absolute atomic E-state index is 0.0889. The minimum Gasteiger partial charge on any atom is -0.451 e. The van der Waals surface area contributed by atoms with Crippen molar-refractivity contribution in [2.45, 2.75) is 13.8 Å². The number of aryl methyl sites for hydroxylation is 2. The molecule has 2 aromatic carbocycles. The number of carbonyl (C=O) groups is 2. The molecule has 1 N–H and O–H groups in total. The van der Waals surface area contributed by atoms with Crippen LogP contribution in [0.15, 0.2) is 59.0 Å². The van der Waals surface area contributed by atoms with Crippen LogP contribution in [0.25, 0.3) is 11.3 Å². The second-order valence-electron chi connectivity index (χ2n) is 6.67. The number of likely N-dealkylation sites (N-methyl/N-ethyl adjacent to an activating group) is 1. The Morgan fingerprint density at radius 1 is 1.07 bits per heavy atom. The first-order valence-electron chi connectivity index (χ1n) is 8.82. The number of furan rings is 1. The van der Waals surface area contributed by atoms with Crippen molar-refractivity contribution in [2.24, 2.45) is 0 Å². The average Bonchev–Trinajstić information content (AvgIpc) is 3.14. The van der Waals surface area contributed by atoms with Crippen molar-refractivity contribution in [2.75, 3.05) is 18.9 Å². The lowest BCUT2D eigenvalue weighted by molar-refractivity contribution is -0.116. The average molecular weight is 397 g/mol. The number of nitrogens with zero attached hydrogens (tertiary/aromatic N) is 1. The summed E-state index contributed by atoms with van der Waals surface area (Å²) in [6.45, 7) is 3.79. The van der Waals surface area contributed by atoms with Crippen LogP contribution in [-0.4, -0.2) is 30.3 Å². The quantitative estimate of drug-likeness (QED) is 0.665. The molecule has 0 unspecified atom stereocenters. The first-order chi connectivity index (χ1) is 13.3. The van der Waals surface area contributed by atoms with Gasteiger partial charge in [0.2, 0.25) is 5.91 Å². The molecule has 0 atom stereocenters. The largest absolute Gasteiger partial charge is 0.451 e. The molecule has 0 radical (unpaired) electrons. The third-order valence-electron chi connectivity index (χ3n) is 4.35. The molecule has 0 spiro atoms. The van der Waals surface area contributed by atoms with Crippen LogP contribution in [0.5, 0.6) is 0 Å². The van der Waals surface area contributed by atoms with E-state index in [1.807, 2.05) is 50.2 Å². The molecule has 6 heteroatoms. The fourth-order valence-electron chi connectivity index (χ4n) is 2.79. The number of rotatable bonds is 5. The third kappa shape index (κ3) is 4.43. The van der Waals surface area contributed by atoms with Crippen molar-refractivity contribution >= 4 is 29.1 Å². The highest BCUT2D eigenvalue weighted by Gasteiger charge is 2.19. The van der Waals surface area contributed by atoms with E-state index in [2.05, 4.69) is 5.32 Å². The highest BCUT2D eigenvalue weighted by molar-refractivity contribution is 6.33. The number of anilines is 1. The number of amides is 2. The zero-order valence-corrected chi connectivity index (χ0v) is 16.7. The summed E-state index contributed by atoms with van der Waals surface area (Å²) >= 11 is 6.17. The summed E-state index contributed by atoms with van der Waals surface area (Å²) in [4.78, 5) is 26.3. The predicted octanol–water partition coefficient (Wildman–Crippen LogP) is 4.93. The second kappa shape index (κ2) is 8.31. The van der Waals surface area contributed by atoms with Crippen LogP contribution in [-0.2, 0) is 4.79 Å². The van der Waals surface area contributed by atoms with Gasteiger partial charge in [0.25, 0.3) is 5.91 Å². The summed E-state index contributed by atoms with van der Waals surface area (Å²) in [7, 11) is 1.56. The second-order valence-corrected chi connectivity index (χ2v) is 7.08. The molecule has 3 rings (SSSR count). The Morgan fingerprint density at radius 3 is 2.57 bits per heavy atom. The molecule has 0 saturated carbocycles. The number of hydrogen-bond donors (Lipinski definition) is 1. The first kappa shape index (κ1) is 19.7. The van der Waals surface area contributed by atoms with E-state index in [0.717, 1.165) is 16.8 Å². The van der Waals surface area contributed by atoms with Gasteiger partial charge in [-0.3, -0.25) is 9.59 Å². The van der Waals surface area contributed by atoms with Crippen molar-refractivity contribution < 1.29 is 14.0 Å². The van der Waals surface area contributed by atoms with E-state index < -0.39 is 0 Å². The summed E-state index contributed by atoms with van der Waals surface area (Å²) < 4.78 is 5.66. The van der Waals surface area contributed by atoms with E-state index >= 15 is 0 Å². The molecular formula is C22H21ClN2O3. The van der Waals surface area contributed by atoms with Crippen LogP contribution in [0.4, 0.5) is 5.69 Å². The zero-order chi connectivity index (χ0) is 20.3. The molecular weight excluding hydrogens is 376 g/mol. The summed E-state index contributed by atoms with van der Waals surface area (Å²) in [5, 5.41) is 3.38. The fourth-order valence-corrected chi connectivity index (χ4v) is 3.02. The van der Waals surface area contributed by atoms with Gasteiger partial charge >= 0.3 is 0 Å². The molecule has 0 aliphatic heterocycles. The molecule has 0 fully saturated rings. The van der Waals surface area contributed by atoms with Gasteiger partial charge in [-0.05, 0) is 55.3 Å². The SMILES string of the molecule is Cc1ccc(C)c(NC(=O)CN(C)C(=O)c2ccc(-c3ccccc3Cl)o2)c1. The van der Waals surface area contributed by atoms with Gasteiger partial charge in [0.15, 0.2) is 5.76 Å². The number of nitrogens with one attached hydrogen (secondary N) is 1. The third-order valence-corrected chi connectivity index (χ3v) is 4.68. The van der Waals surface area contributed by atoms with Crippen LogP contribution in [0.1, 0.15) is 21.7 Å². The van der Waals surface area contributed by atoms with E-state index in [1.165, 1.54) is 4.90 Å². The van der Waals surface area contributed by atoms with Gasteiger partial charge in [0.05, 0.1) is 11.6 Å². The van der Waals surface area contributed by atoms with Crippen molar-refractivity contribution in [3.05, 3.63) is 76.5 Å². The Bertz CT molecular complexity index is 1030. The summed E-state index contributed by atoms with van der Waals surface area (Å²) in [5.41, 5.74) is 3.46. The van der Waals surface area contributed by atoms with Crippen LogP contribution in [0.2, 0.25) is 5.02 Å². The molecule has 1 aromatic heterocycles. The molecule has 1 heterocycles. The predicted molar refractivity (Wildman–Crippen MR) is 111 cm³/mol. The maximum absolute atomic E-state index is 12.6.